The Hall–Kier alpha value is -1.33. The first-order valence-corrected chi connectivity index (χ1v) is 5.50. The van der Waals surface area contributed by atoms with Crippen LogP contribution >= 0.6 is 0 Å². The Morgan fingerprint density at radius 2 is 2.35 bits per heavy atom. The number of furan rings is 1. The molecule has 0 radical (unpaired) electrons. The lowest BCUT2D eigenvalue weighted by molar-refractivity contribution is 0.0240. The molecule has 0 aromatic carbocycles. The van der Waals surface area contributed by atoms with Gasteiger partial charge in [-0.25, -0.2) is 0 Å². The molecular formula is C12H19NO4. The maximum Gasteiger partial charge on any atom is 0.287 e. The Bertz CT molecular complexity index is 370. The monoisotopic (exact) mass is 241 g/mol. The van der Waals surface area contributed by atoms with Gasteiger partial charge in [-0.1, -0.05) is 0 Å². The van der Waals surface area contributed by atoms with Crippen LogP contribution in [0, 0.1) is 6.92 Å². The molecule has 17 heavy (non-hydrogen) atoms. The molecule has 1 amide bonds. The van der Waals surface area contributed by atoms with Crippen molar-refractivity contribution in [3.05, 3.63) is 23.7 Å². The first-order valence-electron chi connectivity index (χ1n) is 5.50. The number of amides is 1. The van der Waals surface area contributed by atoms with Crippen molar-refractivity contribution in [2.75, 3.05) is 20.3 Å². The molecule has 1 aromatic heterocycles. The molecule has 1 heterocycles. The second-order valence-corrected chi connectivity index (χ2v) is 4.36. The summed E-state index contributed by atoms with van der Waals surface area (Å²) < 4.78 is 9.94. The number of methoxy groups -OCH3 is 1. The molecule has 2 N–H and O–H groups in total. The van der Waals surface area contributed by atoms with E-state index in [2.05, 4.69) is 5.32 Å². The van der Waals surface area contributed by atoms with E-state index in [-0.39, 0.29) is 18.2 Å². The SMILES string of the molecule is COCCC(C)(O)CNC(=O)c1occc1C. The third-order valence-electron chi connectivity index (χ3n) is 2.54. The highest BCUT2D eigenvalue weighted by atomic mass is 16.5. The summed E-state index contributed by atoms with van der Waals surface area (Å²) in [5.41, 5.74) is -0.203. The minimum atomic E-state index is -0.980. The van der Waals surface area contributed by atoms with E-state index in [9.17, 15) is 9.90 Å². The summed E-state index contributed by atoms with van der Waals surface area (Å²) >= 11 is 0. The van der Waals surface area contributed by atoms with E-state index in [1.807, 2.05) is 0 Å². The van der Waals surface area contributed by atoms with Crippen molar-refractivity contribution in [3.63, 3.8) is 0 Å². The van der Waals surface area contributed by atoms with E-state index >= 15 is 0 Å². The largest absolute Gasteiger partial charge is 0.459 e. The summed E-state index contributed by atoms with van der Waals surface area (Å²) in [5.74, 6) is -0.0299. The number of hydrogen-bond acceptors (Lipinski definition) is 4. The maximum atomic E-state index is 11.7. The van der Waals surface area contributed by atoms with Gasteiger partial charge in [-0.3, -0.25) is 4.79 Å². The van der Waals surface area contributed by atoms with Gasteiger partial charge in [0.2, 0.25) is 0 Å². The van der Waals surface area contributed by atoms with Gasteiger partial charge in [-0.05, 0) is 19.9 Å². The highest BCUT2D eigenvalue weighted by Crippen LogP contribution is 2.11. The molecule has 0 saturated heterocycles. The van der Waals surface area contributed by atoms with Gasteiger partial charge in [0.25, 0.3) is 5.91 Å². The highest BCUT2D eigenvalue weighted by molar-refractivity contribution is 5.92. The van der Waals surface area contributed by atoms with Gasteiger partial charge in [0.1, 0.15) is 0 Å². The Morgan fingerprint density at radius 1 is 1.65 bits per heavy atom. The van der Waals surface area contributed by atoms with Crippen molar-refractivity contribution in [2.24, 2.45) is 0 Å². The Morgan fingerprint density at radius 3 is 2.88 bits per heavy atom. The molecule has 1 atom stereocenters. The van der Waals surface area contributed by atoms with Gasteiger partial charge in [0.05, 0.1) is 11.9 Å². The maximum absolute atomic E-state index is 11.7. The van der Waals surface area contributed by atoms with Crippen molar-refractivity contribution >= 4 is 5.91 Å². The van der Waals surface area contributed by atoms with Crippen LogP contribution in [0.15, 0.2) is 16.7 Å². The van der Waals surface area contributed by atoms with E-state index in [1.54, 1.807) is 27.0 Å². The molecule has 5 heteroatoms. The van der Waals surface area contributed by atoms with Crippen LogP contribution in [0.5, 0.6) is 0 Å². The molecule has 0 spiro atoms. The first kappa shape index (κ1) is 13.7. The molecule has 96 valence electrons. The lowest BCUT2D eigenvalue weighted by atomic mass is 10.0. The second kappa shape index (κ2) is 5.84. The number of nitrogens with one attached hydrogen (secondary N) is 1. The summed E-state index contributed by atoms with van der Waals surface area (Å²) in [4.78, 5) is 11.7. The molecule has 0 aliphatic rings. The van der Waals surface area contributed by atoms with E-state index < -0.39 is 5.60 Å². The predicted molar refractivity (Wildman–Crippen MR) is 62.9 cm³/mol. The number of aliphatic hydroxyl groups is 1. The van der Waals surface area contributed by atoms with Crippen molar-refractivity contribution in [3.8, 4) is 0 Å². The van der Waals surface area contributed by atoms with Crippen molar-refractivity contribution in [1.29, 1.82) is 0 Å². The normalized spacial score (nSPS) is 14.4. The topological polar surface area (TPSA) is 71.7 Å². The molecule has 0 aliphatic carbocycles. The zero-order valence-electron chi connectivity index (χ0n) is 10.4. The molecule has 0 bridgehead atoms. The fourth-order valence-corrected chi connectivity index (χ4v) is 1.37. The Labute approximate surface area is 101 Å². The van der Waals surface area contributed by atoms with Crippen molar-refractivity contribution < 1.29 is 19.1 Å². The number of hydrogen-bond donors (Lipinski definition) is 2. The lowest BCUT2D eigenvalue weighted by Crippen LogP contribution is -2.41. The van der Waals surface area contributed by atoms with E-state index in [1.165, 1.54) is 6.26 Å². The summed E-state index contributed by atoms with van der Waals surface area (Å²) in [5, 5.41) is 12.6. The highest BCUT2D eigenvalue weighted by Gasteiger charge is 2.22. The smallest absolute Gasteiger partial charge is 0.287 e. The van der Waals surface area contributed by atoms with Gasteiger partial charge >= 0.3 is 0 Å². The average Bonchev–Trinajstić information content (AvgIpc) is 2.70. The Balaban J connectivity index is 2.45. The van der Waals surface area contributed by atoms with Crippen LogP contribution in [0.25, 0.3) is 0 Å². The van der Waals surface area contributed by atoms with Crippen LogP contribution in [-0.2, 0) is 4.74 Å². The number of rotatable bonds is 6. The van der Waals surface area contributed by atoms with E-state index in [4.69, 9.17) is 9.15 Å². The van der Waals surface area contributed by atoms with E-state index in [0.717, 1.165) is 5.56 Å². The second-order valence-electron chi connectivity index (χ2n) is 4.36. The molecular weight excluding hydrogens is 222 g/mol. The summed E-state index contributed by atoms with van der Waals surface area (Å²) in [6, 6.07) is 1.72. The number of aryl methyl sites for hydroxylation is 1. The molecule has 0 fully saturated rings. The number of carbonyl (C=O) groups is 1. The third-order valence-corrected chi connectivity index (χ3v) is 2.54. The summed E-state index contributed by atoms with van der Waals surface area (Å²) in [6.07, 6.45) is 1.92. The molecule has 0 aliphatic heterocycles. The van der Waals surface area contributed by atoms with Gasteiger partial charge in [0, 0.05) is 32.2 Å². The molecule has 5 nitrogen and oxygen atoms in total. The minimum Gasteiger partial charge on any atom is -0.459 e. The Kier molecular flexibility index (Phi) is 4.72. The predicted octanol–water partition coefficient (Wildman–Crippen LogP) is 1.11. The minimum absolute atomic E-state index is 0.162. The lowest BCUT2D eigenvalue weighted by Gasteiger charge is -2.22. The molecule has 1 rings (SSSR count). The number of carbonyl (C=O) groups excluding carboxylic acids is 1. The van der Waals surface area contributed by atoms with Crippen LogP contribution in [-0.4, -0.2) is 36.9 Å². The van der Waals surface area contributed by atoms with Crippen LogP contribution in [0.2, 0.25) is 0 Å². The van der Waals surface area contributed by atoms with E-state index in [0.29, 0.717) is 13.0 Å². The fourth-order valence-electron chi connectivity index (χ4n) is 1.37. The third kappa shape index (κ3) is 4.20. The van der Waals surface area contributed by atoms with Gasteiger partial charge in [0.15, 0.2) is 5.76 Å². The first-order chi connectivity index (χ1) is 7.96. The molecule has 0 saturated carbocycles. The summed E-state index contributed by atoms with van der Waals surface area (Å²) in [6.45, 7) is 4.06. The van der Waals surface area contributed by atoms with Gasteiger partial charge in [-0.2, -0.15) is 0 Å². The summed E-state index contributed by atoms with van der Waals surface area (Å²) in [7, 11) is 1.57. The van der Waals surface area contributed by atoms with Gasteiger partial charge < -0.3 is 19.6 Å². The van der Waals surface area contributed by atoms with Crippen molar-refractivity contribution in [2.45, 2.75) is 25.9 Å². The average molecular weight is 241 g/mol. The molecule has 1 aromatic rings. The van der Waals surface area contributed by atoms with Gasteiger partial charge in [-0.15, -0.1) is 0 Å². The van der Waals surface area contributed by atoms with Crippen LogP contribution < -0.4 is 5.32 Å². The standard InChI is InChI=1S/C12H19NO4/c1-9-4-6-17-10(9)11(14)13-8-12(2,15)5-7-16-3/h4,6,15H,5,7-8H2,1-3H3,(H,13,14). The van der Waals surface area contributed by atoms with Crippen LogP contribution in [0.3, 0.4) is 0 Å². The fraction of sp³-hybridized carbons (Fsp3) is 0.583. The van der Waals surface area contributed by atoms with Crippen LogP contribution in [0.4, 0.5) is 0 Å². The zero-order chi connectivity index (χ0) is 12.9. The molecule has 1 unspecified atom stereocenters. The van der Waals surface area contributed by atoms with Crippen molar-refractivity contribution in [1.82, 2.24) is 5.32 Å². The zero-order valence-corrected chi connectivity index (χ0v) is 10.4. The van der Waals surface area contributed by atoms with Crippen LogP contribution in [0.1, 0.15) is 29.5 Å². The quantitative estimate of drug-likeness (QED) is 0.782. The number of ether oxygens (including phenoxy) is 1.